The first kappa shape index (κ1) is 15.5. The standard InChI is InChI=1S/C16H26N4O2/c1-12(2)19-10-14-3-6-18-20(14)15(11-19)16(21)17-9-13-4-7-22-8-5-13/h3,6,12-13,15H,4-5,7-11H2,1-2H3,(H,17,21)/t15-/m0/s1. The summed E-state index contributed by atoms with van der Waals surface area (Å²) in [5.41, 5.74) is 1.12. The second-order valence-electron chi connectivity index (χ2n) is 6.61. The van der Waals surface area contributed by atoms with Gasteiger partial charge >= 0.3 is 0 Å². The summed E-state index contributed by atoms with van der Waals surface area (Å²) in [5, 5.41) is 7.49. The van der Waals surface area contributed by atoms with Gasteiger partial charge in [-0.05, 0) is 38.7 Å². The number of aromatic nitrogens is 2. The fourth-order valence-electron chi connectivity index (χ4n) is 3.22. The van der Waals surface area contributed by atoms with E-state index in [1.165, 1.54) is 0 Å². The third-order valence-electron chi connectivity index (χ3n) is 4.76. The van der Waals surface area contributed by atoms with Crippen molar-refractivity contribution in [2.75, 3.05) is 26.3 Å². The first-order chi connectivity index (χ1) is 10.6. The van der Waals surface area contributed by atoms with Gasteiger partial charge in [0, 0.05) is 45.1 Å². The molecule has 6 nitrogen and oxygen atoms in total. The highest BCUT2D eigenvalue weighted by Crippen LogP contribution is 2.22. The molecule has 1 N–H and O–H groups in total. The van der Waals surface area contributed by atoms with Gasteiger partial charge < -0.3 is 10.1 Å². The van der Waals surface area contributed by atoms with Crippen LogP contribution in [0.25, 0.3) is 0 Å². The van der Waals surface area contributed by atoms with Crippen LogP contribution >= 0.6 is 0 Å². The molecule has 1 amide bonds. The van der Waals surface area contributed by atoms with Crippen molar-refractivity contribution < 1.29 is 9.53 Å². The van der Waals surface area contributed by atoms with Gasteiger partial charge in [0.2, 0.25) is 5.91 Å². The molecule has 2 aliphatic rings. The van der Waals surface area contributed by atoms with Gasteiger partial charge in [0.1, 0.15) is 6.04 Å². The van der Waals surface area contributed by atoms with Gasteiger partial charge in [0.15, 0.2) is 0 Å². The largest absolute Gasteiger partial charge is 0.381 e. The molecule has 1 saturated heterocycles. The molecule has 1 atom stereocenters. The zero-order valence-electron chi connectivity index (χ0n) is 13.5. The van der Waals surface area contributed by atoms with Crippen LogP contribution in [0.5, 0.6) is 0 Å². The zero-order valence-corrected chi connectivity index (χ0v) is 13.5. The van der Waals surface area contributed by atoms with Gasteiger partial charge in [-0.3, -0.25) is 14.4 Å². The first-order valence-electron chi connectivity index (χ1n) is 8.27. The monoisotopic (exact) mass is 306 g/mol. The Balaban J connectivity index is 1.63. The summed E-state index contributed by atoms with van der Waals surface area (Å²) >= 11 is 0. The van der Waals surface area contributed by atoms with Crippen LogP contribution in [-0.4, -0.2) is 52.9 Å². The number of nitrogens with zero attached hydrogens (tertiary/aromatic N) is 3. The van der Waals surface area contributed by atoms with Crippen LogP contribution < -0.4 is 5.32 Å². The third kappa shape index (κ3) is 3.33. The van der Waals surface area contributed by atoms with Crippen molar-refractivity contribution in [1.82, 2.24) is 20.0 Å². The summed E-state index contributed by atoms with van der Waals surface area (Å²) in [5.74, 6) is 0.626. The lowest BCUT2D eigenvalue weighted by atomic mass is 10.0. The number of amides is 1. The zero-order chi connectivity index (χ0) is 15.5. The lowest BCUT2D eigenvalue weighted by Crippen LogP contribution is -2.48. The summed E-state index contributed by atoms with van der Waals surface area (Å²) in [6.45, 7) is 8.30. The maximum absolute atomic E-state index is 12.6. The number of ether oxygens (including phenoxy) is 1. The second-order valence-corrected chi connectivity index (χ2v) is 6.61. The van der Waals surface area contributed by atoms with Crippen LogP contribution in [0.4, 0.5) is 0 Å². The molecule has 22 heavy (non-hydrogen) atoms. The van der Waals surface area contributed by atoms with Crippen molar-refractivity contribution in [1.29, 1.82) is 0 Å². The van der Waals surface area contributed by atoms with Gasteiger partial charge in [-0.25, -0.2) is 0 Å². The number of carbonyl (C=O) groups is 1. The lowest BCUT2D eigenvalue weighted by molar-refractivity contribution is -0.126. The summed E-state index contributed by atoms with van der Waals surface area (Å²) in [7, 11) is 0. The SMILES string of the molecule is CC(C)N1Cc2ccnn2[C@H](C(=O)NCC2CCOCC2)C1. The lowest BCUT2D eigenvalue weighted by Gasteiger charge is -2.35. The molecule has 0 saturated carbocycles. The highest BCUT2D eigenvalue weighted by molar-refractivity contribution is 5.80. The van der Waals surface area contributed by atoms with Crippen molar-refractivity contribution in [3.8, 4) is 0 Å². The molecule has 6 heteroatoms. The predicted octanol–water partition coefficient (Wildman–Crippen LogP) is 1.19. The van der Waals surface area contributed by atoms with Crippen molar-refractivity contribution in [2.45, 2.75) is 45.3 Å². The van der Waals surface area contributed by atoms with Gasteiger partial charge in [-0.15, -0.1) is 0 Å². The van der Waals surface area contributed by atoms with Gasteiger partial charge in [0.25, 0.3) is 0 Å². The molecule has 0 spiro atoms. The number of hydrogen-bond acceptors (Lipinski definition) is 4. The van der Waals surface area contributed by atoms with Gasteiger partial charge in [-0.1, -0.05) is 0 Å². The normalized spacial score (nSPS) is 23.5. The summed E-state index contributed by atoms with van der Waals surface area (Å²) in [6.07, 6.45) is 3.87. The van der Waals surface area contributed by atoms with E-state index in [1.54, 1.807) is 6.20 Å². The molecule has 0 radical (unpaired) electrons. The highest BCUT2D eigenvalue weighted by atomic mass is 16.5. The third-order valence-corrected chi connectivity index (χ3v) is 4.76. The van der Waals surface area contributed by atoms with Crippen molar-refractivity contribution in [3.05, 3.63) is 18.0 Å². The Kier molecular flexibility index (Phi) is 4.78. The highest BCUT2D eigenvalue weighted by Gasteiger charge is 2.32. The molecular formula is C16H26N4O2. The number of hydrogen-bond donors (Lipinski definition) is 1. The molecule has 0 aromatic carbocycles. The summed E-state index contributed by atoms with van der Waals surface area (Å²) in [6, 6.07) is 2.21. The van der Waals surface area contributed by atoms with Crippen molar-refractivity contribution >= 4 is 5.91 Å². The Morgan fingerprint density at radius 1 is 1.45 bits per heavy atom. The fraction of sp³-hybridized carbons (Fsp3) is 0.750. The van der Waals surface area contributed by atoms with E-state index in [0.717, 1.165) is 51.4 Å². The van der Waals surface area contributed by atoms with E-state index in [4.69, 9.17) is 4.74 Å². The molecule has 3 rings (SSSR count). The van der Waals surface area contributed by atoms with Crippen LogP contribution in [-0.2, 0) is 16.1 Å². The number of rotatable bonds is 4. The van der Waals surface area contributed by atoms with Crippen molar-refractivity contribution in [2.24, 2.45) is 5.92 Å². The predicted molar refractivity (Wildman–Crippen MR) is 83.4 cm³/mol. The van der Waals surface area contributed by atoms with Crippen LogP contribution in [0.2, 0.25) is 0 Å². The molecule has 1 fully saturated rings. The average molecular weight is 306 g/mol. The van der Waals surface area contributed by atoms with Crippen LogP contribution in [0.3, 0.4) is 0 Å². The maximum Gasteiger partial charge on any atom is 0.246 e. The molecule has 0 aliphatic carbocycles. The minimum atomic E-state index is -0.221. The summed E-state index contributed by atoms with van der Waals surface area (Å²) < 4.78 is 7.25. The number of nitrogens with one attached hydrogen (secondary N) is 1. The van der Waals surface area contributed by atoms with E-state index < -0.39 is 0 Å². The van der Waals surface area contributed by atoms with Crippen LogP contribution in [0.1, 0.15) is 38.4 Å². The molecule has 122 valence electrons. The van der Waals surface area contributed by atoms with Gasteiger partial charge in [0.05, 0.1) is 5.69 Å². The van der Waals surface area contributed by atoms with E-state index in [1.807, 2.05) is 10.7 Å². The number of carbonyl (C=O) groups excluding carboxylic acids is 1. The average Bonchev–Trinajstić information content (AvgIpc) is 3.01. The van der Waals surface area contributed by atoms with Crippen LogP contribution in [0.15, 0.2) is 12.3 Å². The van der Waals surface area contributed by atoms with E-state index in [0.29, 0.717) is 12.0 Å². The van der Waals surface area contributed by atoms with E-state index in [9.17, 15) is 4.79 Å². The molecule has 1 aromatic heterocycles. The van der Waals surface area contributed by atoms with Crippen molar-refractivity contribution in [3.63, 3.8) is 0 Å². The van der Waals surface area contributed by atoms with E-state index in [-0.39, 0.29) is 11.9 Å². The van der Waals surface area contributed by atoms with Gasteiger partial charge in [-0.2, -0.15) is 5.10 Å². The molecule has 0 bridgehead atoms. The second kappa shape index (κ2) is 6.79. The van der Waals surface area contributed by atoms with E-state index >= 15 is 0 Å². The molecule has 2 aliphatic heterocycles. The Bertz CT molecular complexity index is 508. The molecule has 1 aromatic rings. The topological polar surface area (TPSA) is 59.4 Å². The minimum absolute atomic E-state index is 0.0850. The summed E-state index contributed by atoms with van der Waals surface area (Å²) in [4.78, 5) is 15.0. The fourth-order valence-corrected chi connectivity index (χ4v) is 3.22. The maximum atomic E-state index is 12.6. The first-order valence-corrected chi connectivity index (χ1v) is 8.27. The Morgan fingerprint density at radius 2 is 2.23 bits per heavy atom. The Morgan fingerprint density at radius 3 is 2.95 bits per heavy atom. The Hall–Kier alpha value is -1.40. The quantitative estimate of drug-likeness (QED) is 0.908. The molecule has 3 heterocycles. The Labute approximate surface area is 131 Å². The molecular weight excluding hydrogens is 280 g/mol. The van der Waals surface area contributed by atoms with Crippen LogP contribution in [0, 0.1) is 5.92 Å². The van der Waals surface area contributed by atoms with E-state index in [2.05, 4.69) is 29.2 Å². The minimum Gasteiger partial charge on any atom is -0.381 e. The smallest absolute Gasteiger partial charge is 0.246 e. The molecule has 0 unspecified atom stereocenters. The number of fused-ring (bicyclic) bond motifs is 1.